The second-order valence-electron chi connectivity index (χ2n) is 36.6. The summed E-state index contributed by atoms with van der Waals surface area (Å²) in [6.07, 6.45) is 20.4. The molecule has 5 fully saturated rings. The minimum atomic E-state index is -1.29. The molecule has 0 radical (unpaired) electrons. The van der Waals surface area contributed by atoms with Crippen molar-refractivity contribution in [2.45, 2.75) is 234 Å². The molecule has 1 unspecified atom stereocenters. The Morgan fingerprint density at radius 2 is 0.667 bits per heavy atom. The van der Waals surface area contributed by atoms with E-state index in [-0.39, 0.29) is 30.6 Å². The number of aromatic amines is 4. The van der Waals surface area contributed by atoms with Gasteiger partial charge in [-0.25, -0.2) is 19.2 Å². The predicted octanol–water partition coefficient (Wildman–Crippen LogP) is -0.189. The van der Waals surface area contributed by atoms with Gasteiger partial charge < -0.3 is 95.6 Å². The smallest absolute Gasteiger partial charge is 0.330 e. The predicted molar refractivity (Wildman–Crippen MR) is 515 cm³/mol. The first kappa shape index (κ1) is 109. The fourth-order valence-corrected chi connectivity index (χ4v) is 19.3. The lowest BCUT2D eigenvalue weighted by atomic mass is 9.99. The number of nitrogens with one attached hydrogen (secondary N) is 9. The molecule has 10 rings (SSSR count). The van der Waals surface area contributed by atoms with Gasteiger partial charge >= 0.3 is 22.8 Å². The van der Waals surface area contributed by atoms with Crippen LogP contribution in [0.2, 0.25) is 0 Å². The molecule has 37 nitrogen and oxygen atoms in total. The molecule has 4 aromatic rings. The summed E-state index contributed by atoms with van der Waals surface area (Å²) in [5, 5.41) is 119. The van der Waals surface area contributed by atoms with Crippen LogP contribution in [0.15, 0.2) is 87.2 Å². The molecule has 5 saturated heterocycles. The maximum Gasteiger partial charge on any atom is 0.330 e. The summed E-state index contributed by atoms with van der Waals surface area (Å²) in [6, 6.07) is 0. The number of aliphatic hydroxyl groups is 10. The number of aromatic nitrogens is 8. The molecule has 10 heterocycles. The van der Waals surface area contributed by atoms with Gasteiger partial charge in [-0.3, -0.25) is 68.0 Å². The van der Waals surface area contributed by atoms with E-state index < -0.39 is 196 Å². The van der Waals surface area contributed by atoms with Crippen molar-refractivity contribution in [2.24, 2.45) is 0 Å². The van der Waals surface area contributed by atoms with E-state index in [1.807, 2.05) is 34.7 Å². The van der Waals surface area contributed by atoms with Crippen LogP contribution in [0.3, 0.4) is 0 Å². The van der Waals surface area contributed by atoms with Crippen LogP contribution in [-0.4, -0.2) is 359 Å². The van der Waals surface area contributed by atoms with E-state index >= 15 is 0 Å². The maximum atomic E-state index is 12.2. The summed E-state index contributed by atoms with van der Waals surface area (Å²) in [5.41, 5.74) is -2.22. The normalized spacial score (nSPS) is 27.5. The number of ether oxygens (including phenoxy) is 5. The summed E-state index contributed by atoms with van der Waals surface area (Å²) >= 11 is 5.14. The Labute approximate surface area is 743 Å². The van der Waals surface area contributed by atoms with Crippen LogP contribution in [0.5, 0.6) is 0 Å². The second kappa shape index (κ2) is 48.9. The fraction of sp³-hybridized carbons (Fsp3) is 0.687. The van der Waals surface area contributed by atoms with Crippen molar-refractivity contribution < 1.29 is 74.7 Å². The minimum Gasteiger partial charge on any atom is -0.388 e. The van der Waals surface area contributed by atoms with Gasteiger partial charge in [-0.15, -0.1) is 65.9 Å². The molecule has 0 spiro atoms. The molecule has 126 heavy (non-hydrogen) atoms. The molecule has 716 valence electrons. The van der Waals surface area contributed by atoms with E-state index in [1.165, 1.54) is 33.9 Å². The van der Waals surface area contributed by atoms with Crippen LogP contribution < -0.4 is 71.6 Å². The minimum absolute atomic E-state index is 0.139. The molecule has 6 aliphatic heterocycles. The fourth-order valence-electron chi connectivity index (χ4n) is 14.3. The molecule has 4 aromatic heterocycles. The second-order valence-corrected chi connectivity index (χ2v) is 58.6. The first-order valence-corrected chi connectivity index (χ1v) is 58.4. The number of rotatable bonds is 36. The molecule has 0 aromatic carbocycles. The van der Waals surface area contributed by atoms with Gasteiger partial charge in [0.1, 0.15) is 79.4 Å². The molecular formula is C83H145N14O23P5S. The van der Waals surface area contributed by atoms with E-state index in [9.17, 15) is 89.4 Å². The number of hydrogen-bond donors (Lipinski definition) is 19. The van der Waals surface area contributed by atoms with Gasteiger partial charge in [0.15, 0.2) is 17.6 Å². The van der Waals surface area contributed by atoms with Gasteiger partial charge in [-0.05, 0) is 194 Å². The SMILES string of the molecule is C=C1NC(=S)N(C)C=C1C1O[C@H](CCP(=C)(C)C)[C@@H](O)[C@H]1O.C=P(C)(C)CC[C@H]1O[C@@H](c2cn(CNCCC)c(=O)[nH]c2=O)[C@H](O)[C@@H]1O.C=P(C)(C)CC[C@H]1O[C@@H](c2cn(CNCCC)c(=O)[nH]c2=O)[C@H](O)[C@@H]1O.C=P(C)(C)CC[C@H]1O[C@@H](n2cc(CNCCC)c(=O)[nH]c2=O)[C@H](O)[C@@H]1O.C=P(C)(C)CC[C@H]1O[C@@H](n2cc(CNCCC)c(=O)[nH]c2=O)[C@H](O)[C@@H]1O. The van der Waals surface area contributed by atoms with Gasteiger partial charge in [0.25, 0.3) is 22.2 Å². The molecule has 20 atom stereocenters. The lowest BCUT2D eigenvalue weighted by Gasteiger charge is -2.30. The van der Waals surface area contributed by atoms with Crippen LogP contribution in [-0.2, 0) is 50.1 Å². The molecule has 0 saturated carbocycles. The van der Waals surface area contributed by atoms with E-state index in [4.69, 9.17) is 35.9 Å². The standard InChI is InChI=1S/4C17H30N3O5P.C15H25N2O3PS/c2*1-5-7-18-10-20-9-11(16(23)19-17(20)24)15-14(22)13(21)12(25-15)6-8-26(2,3)4;2*1-5-7-18-9-11-10-20(17(24)19-15(11)23)16-14(22)13(21)12(25-16)6-8-26(2,3)4;1-9-10(8-17(2)15(22)16-9)14-13(19)12(18)11(20-14)6-7-21(3,4)5/h2*9,12-15,18,21-22H,2,5-8,10H2,1,3-4H3,(H,19,23,24);2*10,12-14,16,18,21-22H,2,5-9H2,1,3-4H3,(H,19,23,24);8,11-14,18-19H,1,3,6-7H2,2,4-5H3,(H,16,22)/t2*12-,13-,14-,15+;2*12-,13-,14-,16-;11-,12-,13-,14?/m11111/s1. The zero-order valence-corrected chi connectivity index (χ0v) is 81.2. The Morgan fingerprint density at radius 3 is 0.976 bits per heavy atom. The number of thiocarbonyl (C=S) groups is 1. The third kappa shape index (κ3) is 32.5. The van der Waals surface area contributed by atoms with Gasteiger partial charge in [-0.1, -0.05) is 34.3 Å². The van der Waals surface area contributed by atoms with Gasteiger partial charge in [0, 0.05) is 73.5 Å². The zero-order chi connectivity index (χ0) is 94.6. The average molecular weight is 1890 g/mol. The highest BCUT2D eigenvalue weighted by Crippen LogP contribution is 2.45. The zero-order valence-electron chi connectivity index (χ0n) is 75.9. The summed E-state index contributed by atoms with van der Waals surface area (Å²) in [6.45, 7) is 30.6. The number of H-pyrrole nitrogens is 4. The average Bonchev–Trinajstić information content (AvgIpc) is 1.68. The van der Waals surface area contributed by atoms with Crippen LogP contribution >= 0.6 is 46.6 Å². The largest absolute Gasteiger partial charge is 0.388 e. The molecular weight excluding hydrogens is 1750 g/mol. The highest BCUT2D eigenvalue weighted by atomic mass is 32.1. The topological polar surface area (TPSA) is 531 Å². The molecule has 6 aliphatic rings. The third-order valence-corrected chi connectivity index (χ3v) is 29.4. The monoisotopic (exact) mass is 1890 g/mol. The summed E-state index contributed by atoms with van der Waals surface area (Å²) < 4.78 is 34.1. The van der Waals surface area contributed by atoms with Gasteiger partial charge in [-0.2, -0.15) is 0 Å². The lowest BCUT2D eigenvalue weighted by Crippen LogP contribution is -2.42. The van der Waals surface area contributed by atoms with Crippen LogP contribution in [0, 0.1) is 0 Å². The first-order valence-electron chi connectivity index (χ1n) is 42.7. The van der Waals surface area contributed by atoms with Crippen molar-refractivity contribution in [3.05, 3.63) is 154 Å². The van der Waals surface area contributed by atoms with Crippen molar-refractivity contribution in [1.82, 2.24) is 69.7 Å². The Kier molecular flexibility index (Phi) is 42.4. The Hall–Kier alpha value is -5.37. The number of aliphatic hydroxyl groups excluding tert-OH is 10. The van der Waals surface area contributed by atoms with Crippen LogP contribution in [0.1, 0.15) is 132 Å². The van der Waals surface area contributed by atoms with Crippen molar-refractivity contribution in [3.63, 3.8) is 0 Å². The summed E-state index contributed by atoms with van der Waals surface area (Å²) in [4.78, 5) is 107. The van der Waals surface area contributed by atoms with Crippen LogP contribution in [0.4, 0.5) is 0 Å². The van der Waals surface area contributed by atoms with E-state index in [2.05, 4.69) is 151 Å². The van der Waals surface area contributed by atoms with E-state index in [0.29, 0.717) is 72.7 Å². The quantitative estimate of drug-likeness (QED) is 0.0159. The Morgan fingerprint density at radius 1 is 0.389 bits per heavy atom. The van der Waals surface area contributed by atoms with Gasteiger partial charge in [0.2, 0.25) is 0 Å². The summed E-state index contributed by atoms with van der Waals surface area (Å²) in [7, 11) is 1.81. The first-order chi connectivity index (χ1) is 58.6. The Bertz CT molecular complexity index is 4540. The number of hydrogen-bond acceptors (Lipinski definition) is 28. The maximum absolute atomic E-state index is 12.2. The van der Waals surface area contributed by atoms with Crippen LogP contribution in [0.25, 0.3) is 0 Å². The number of nitrogens with zero attached hydrogens (tertiary/aromatic N) is 5. The summed E-state index contributed by atoms with van der Waals surface area (Å²) in [5.74, 6) is 0. The lowest BCUT2D eigenvalue weighted by molar-refractivity contribution is -0.0404. The van der Waals surface area contributed by atoms with Crippen molar-refractivity contribution in [3.8, 4) is 0 Å². The van der Waals surface area contributed by atoms with Gasteiger partial charge in [0.05, 0.1) is 55.0 Å². The molecule has 43 heteroatoms. The Balaban J connectivity index is 0.000000244. The van der Waals surface area contributed by atoms with Crippen molar-refractivity contribution >= 4 is 83.3 Å². The molecule has 19 N–H and O–H groups in total. The molecule has 0 aliphatic carbocycles. The van der Waals surface area contributed by atoms with E-state index in [0.717, 1.165) is 91.8 Å². The molecule has 0 amide bonds. The third-order valence-electron chi connectivity index (χ3n) is 21.6. The van der Waals surface area contributed by atoms with Crippen molar-refractivity contribution in [2.75, 3.05) is 131 Å². The van der Waals surface area contributed by atoms with E-state index in [1.54, 1.807) is 11.1 Å². The molecule has 0 bridgehead atoms. The van der Waals surface area contributed by atoms with Crippen molar-refractivity contribution in [1.29, 1.82) is 0 Å². The highest BCUT2D eigenvalue weighted by molar-refractivity contribution is 7.80. The highest BCUT2D eigenvalue weighted by Gasteiger charge is 2.49.